The summed E-state index contributed by atoms with van der Waals surface area (Å²) in [6, 6.07) is 13.7. The molecule has 2 aromatic rings. The van der Waals surface area contributed by atoms with Crippen LogP contribution in [0.2, 0.25) is 0 Å². The molecule has 1 atom stereocenters. The maximum Gasteiger partial charge on any atom is 0.123 e. The Bertz CT molecular complexity index is 564. The van der Waals surface area contributed by atoms with Crippen LogP contribution >= 0.6 is 0 Å². The fraction of sp³-hybridized carbons (Fsp3) is 0.353. The van der Waals surface area contributed by atoms with E-state index in [2.05, 4.69) is 17.2 Å². The molecule has 0 aliphatic heterocycles. The molecule has 3 heteroatoms. The van der Waals surface area contributed by atoms with E-state index in [-0.39, 0.29) is 11.9 Å². The van der Waals surface area contributed by atoms with E-state index in [1.165, 1.54) is 6.07 Å². The van der Waals surface area contributed by atoms with Crippen molar-refractivity contribution in [3.05, 3.63) is 65.7 Å². The summed E-state index contributed by atoms with van der Waals surface area (Å²) >= 11 is 0. The van der Waals surface area contributed by atoms with Gasteiger partial charge < -0.3 is 5.32 Å². The minimum atomic E-state index is -0.138. The standard InChI is InChI=1S/C17H19FN2/c1-12(17-7-2-3-8-19-17)20-16-10-14(11-16)13-5-4-6-15(18)9-13/h2-9,12,14,16,20H,10-11H2,1H3. The van der Waals surface area contributed by atoms with Crippen LogP contribution in [0.15, 0.2) is 48.7 Å². The average molecular weight is 270 g/mol. The Balaban J connectivity index is 1.54. The van der Waals surface area contributed by atoms with Crippen molar-refractivity contribution in [2.24, 2.45) is 0 Å². The Labute approximate surface area is 119 Å². The van der Waals surface area contributed by atoms with Crippen molar-refractivity contribution in [2.75, 3.05) is 0 Å². The highest BCUT2D eigenvalue weighted by Gasteiger charge is 2.31. The molecule has 0 radical (unpaired) electrons. The van der Waals surface area contributed by atoms with Gasteiger partial charge in [-0.2, -0.15) is 0 Å². The number of nitrogens with zero attached hydrogens (tertiary/aromatic N) is 1. The second-order valence-electron chi connectivity index (χ2n) is 5.56. The third-order valence-electron chi connectivity index (χ3n) is 4.08. The van der Waals surface area contributed by atoms with E-state index >= 15 is 0 Å². The molecule has 0 amide bonds. The SMILES string of the molecule is CC(NC1CC(c2cccc(F)c2)C1)c1ccccn1. The molecule has 20 heavy (non-hydrogen) atoms. The molecule has 1 aliphatic carbocycles. The molecular formula is C17H19FN2. The second-order valence-corrected chi connectivity index (χ2v) is 5.56. The van der Waals surface area contributed by atoms with Crippen molar-refractivity contribution < 1.29 is 4.39 Å². The van der Waals surface area contributed by atoms with Gasteiger partial charge in [-0.15, -0.1) is 0 Å². The van der Waals surface area contributed by atoms with Crippen LogP contribution in [0, 0.1) is 5.82 Å². The zero-order chi connectivity index (χ0) is 13.9. The first kappa shape index (κ1) is 13.3. The van der Waals surface area contributed by atoms with E-state index in [1.807, 2.05) is 30.5 Å². The first-order valence-electron chi connectivity index (χ1n) is 7.15. The van der Waals surface area contributed by atoms with Crippen LogP contribution in [-0.2, 0) is 0 Å². The molecule has 1 heterocycles. The van der Waals surface area contributed by atoms with Crippen molar-refractivity contribution in [2.45, 2.75) is 37.8 Å². The van der Waals surface area contributed by atoms with E-state index < -0.39 is 0 Å². The lowest BCUT2D eigenvalue weighted by molar-refractivity contribution is 0.269. The van der Waals surface area contributed by atoms with Gasteiger partial charge in [-0.05, 0) is 55.5 Å². The first-order chi connectivity index (χ1) is 9.72. The maximum absolute atomic E-state index is 13.2. The molecule has 0 bridgehead atoms. The number of rotatable bonds is 4. The van der Waals surface area contributed by atoms with E-state index in [9.17, 15) is 4.39 Å². The highest BCUT2D eigenvalue weighted by atomic mass is 19.1. The van der Waals surface area contributed by atoms with Crippen molar-refractivity contribution in [3.63, 3.8) is 0 Å². The van der Waals surface area contributed by atoms with Gasteiger partial charge in [-0.1, -0.05) is 18.2 Å². The van der Waals surface area contributed by atoms with Gasteiger partial charge in [0, 0.05) is 18.3 Å². The van der Waals surface area contributed by atoms with E-state index in [0.29, 0.717) is 12.0 Å². The summed E-state index contributed by atoms with van der Waals surface area (Å²) in [6.45, 7) is 2.14. The maximum atomic E-state index is 13.2. The van der Waals surface area contributed by atoms with Crippen molar-refractivity contribution in [1.82, 2.24) is 10.3 Å². The Kier molecular flexibility index (Phi) is 3.79. The van der Waals surface area contributed by atoms with Crippen molar-refractivity contribution >= 4 is 0 Å². The van der Waals surface area contributed by atoms with Gasteiger partial charge in [0.25, 0.3) is 0 Å². The fourth-order valence-corrected chi connectivity index (χ4v) is 2.86. The van der Waals surface area contributed by atoms with E-state index in [0.717, 1.165) is 24.1 Å². The van der Waals surface area contributed by atoms with Gasteiger partial charge in [0.1, 0.15) is 5.82 Å². The number of hydrogen-bond donors (Lipinski definition) is 1. The topological polar surface area (TPSA) is 24.9 Å². The summed E-state index contributed by atoms with van der Waals surface area (Å²) in [6.07, 6.45) is 3.96. The quantitative estimate of drug-likeness (QED) is 0.913. The summed E-state index contributed by atoms with van der Waals surface area (Å²) in [5.74, 6) is 0.347. The van der Waals surface area contributed by atoms with Crippen molar-refractivity contribution in [3.8, 4) is 0 Å². The van der Waals surface area contributed by atoms with Crippen LogP contribution < -0.4 is 5.32 Å². The lowest BCUT2D eigenvalue weighted by atomic mass is 9.75. The molecule has 0 spiro atoms. The van der Waals surface area contributed by atoms with E-state index in [1.54, 1.807) is 12.1 Å². The van der Waals surface area contributed by atoms with Gasteiger partial charge in [0.05, 0.1) is 5.69 Å². The largest absolute Gasteiger partial charge is 0.306 e. The summed E-state index contributed by atoms with van der Waals surface area (Å²) < 4.78 is 13.2. The number of benzene rings is 1. The van der Waals surface area contributed by atoms with Crippen LogP contribution in [0.3, 0.4) is 0 Å². The van der Waals surface area contributed by atoms with Gasteiger partial charge in [-0.25, -0.2) is 4.39 Å². The fourth-order valence-electron chi connectivity index (χ4n) is 2.86. The minimum Gasteiger partial charge on any atom is -0.306 e. The number of halogens is 1. The summed E-state index contributed by atoms with van der Waals surface area (Å²) in [4.78, 5) is 4.37. The Morgan fingerprint density at radius 2 is 2.05 bits per heavy atom. The Hall–Kier alpha value is -1.74. The smallest absolute Gasteiger partial charge is 0.123 e. The zero-order valence-corrected chi connectivity index (χ0v) is 11.6. The number of pyridine rings is 1. The third-order valence-corrected chi connectivity index (χ3v) is 4.08. The molecule has 0 saturated heterocycles. The van der Waals surface area contributed by atoms with Gasteiger partial charge in [-0.3, -0.25) is 4.98 Å². The van der Waals surface area contributed by atoms with Gasteiger partial charge in [0.15, 0.2) is 0 Å². The van der Waals surface area contributed by atoms with E-state index in [4.69, 9.17) is 0 Å². The van der Waals surface area contributed by atoms with Crippen LogP contribution in [0.5, 0.6) is 0 Å². The molecular weight excluding hydrogens is 251 g/mol. The second kappa shape index (κ2) is 5.71. The summed E-state index contributed by atoms with van der Waals surface area (Å²) in [7, 11) is 0. The summed E-state index contributed by atoms with van der Waals surface area (Å²) in [5, 5.41) is 3.59. The Morgan fingerprint density at radius 1 is 1.20 bits per heavy atom. The molecule has 2 nitrogen and oxygen atoms in total. The highest BCUT2D eigenvalue weighted by Crippen LogP contribution is 2.37. The van der Waals surface area contributed by atoms with Crippen LogP contribution in [0.25, 0.3) is 0 Å². The third kappa shape index (κ3) is 2.88. The average Bonchev–Trinajstić information content (AvgIpc) is 2.43. The molecule has 104 valence electrons. The van der Waals surface area contributed by atoms with Crippen molar-refractivity contribution in [1.29, 1.82) is 0 Å². The van der Waals surface area contributed by atoms with Crippen LogP contribution in [0.1, 0.15) is 43.0 Å². The minimum absolute atomic E-state index is 0.138. The molecule has 3 rings (SSSR count). The predicted molar refractivity (Wildman–Crippen MR) is 78.0 cm³/mol. The predicted octanol–water partition coefficient (Wildman–Crippen LogP) is 3.82. The molecule has 1 N–H and O–H groups in total. The molecule has 1 fully saturated rings. The summed E-state index contributed by atoms with van der Waals surface area (Å²) in [5.41, 5.74) is 2.19. The van der Waals surface area contributed by atoms with Crippen LogP contribution in [0.4, 0.5) is 4.39 Å². The van der Waals surface area contributed by atoms with Gasteiger partial charge >= 0.3 is 0 Å². The molecule has 1 aromatic carbocycles. The molecule has 1 aliphatic rings. The monoisotopic (exact) mass is 270 g/mol. The lowest BCUT2D eigenvalue weighted by Gasteiger charge is -2.38. The van der Waals surface area contributed by atoms with Crippen LogP contribution in [-0.4, -0.2) is 11.0 Å². The molecule has 1 saturated carbocycles. The highest BCUT2D eigenvalue weighted by molar-refractivity contribution is 5.24. The first-order valence-corrected chi connectivity index (χ1v) is 7.15. The number of aromatic nitrogens is 1. The number of hydrogen-bond acceptors (Lipinski definition) is 2. The Morgan fingerprint density at radius 3 is 2.75 bits per heavy atom. The lowest BCUT2D eigenvalue weighted by Crippen LogP contribution is -2.41. The zero-order valence-electron chi connectivity index (χ0n) is 11.6. The van der Waals surface area contributed by atoms with Gasteiger partial charge in [0.2, 0.25) is 0 Å². The normalized spacial score (nSPS) is 23.1. The molecule has 1 unspecified atom stereocenters. The number of nitrogens with one attached hydrogen (secondary N) is 1. The molecule has 1 aromatic heterocycles.